The highest BCUT2D eigenvalue weighted by atomic mass is 16.5. The van der Waals surface area contributed by atoms with Gasteiger partial charge in [-0.1, -0.05) is 46.0 Å². The fourth-order valence-electron chi connectivity index (χ4n) is 3.07. The highest BCUT2D eigenvalue weighted by Gasteiger charge is 2.25. The molecule has 0 saturated heterocycles. The fourth-order valence-corrected chi connectivity index (χ4v) is 3.07. The van der Waals surface area contributed by atoms with Gasteiger partial charge in [-0.15, -0.1) is 0 Å². The van der Waals surface area contributed by atoms with Gasteiger partial charge >= 0.3 is 0 Å². The molecule has 1 fully saturated rings. The molecule has 2 nitrogen and oxygen atoms in total. The number of ether oxygens (including phenoxy) is 1. The summed E-state index contributed by atoms with van der Waals surface area (Å²) in [6, 6.07) is 0.572. The Hall–Kier alpha value is -0.0800. The van der Waals surface area contributed by atoms with Gasteiger partial charge in [0.25, 0.3) is 0 Å². The minimum Gasteiger partial charge on any atom is -0.380 e. The zero-order valence-corrected chi connectivity index (χ0v) is 12.0. The van der Waals surface area contributed by atoms with Crippen molar-refractivity contribution in [3.05, 3.63) is 0 Å². The molecule has 0 aromatic rings. The van der Waals surface area contributed by atoms with Crippen molar-refractivity contribution in [1.29, 1.82) is 0 Å². The Morgan fingerprint density at radius 1 is 1.18 bits per heavy atom. The van der Waals surface area contributed by atoms with Crippen LogP contribution in [0.15, 0.2) is 0 Å². The third-order valence-corrected chi connectivity index (χ3v) is 4.04. The molecule has 1 N–H and O–H groups in total. The van der Waals surface area contributed by atoms with Gasteiger partial charge in [0.15, 0.2) is 0 Å². The smallest absolute Gasteiger partial charge is 0.0724 e. The summed E-state index contributed by atoms with van der Waals surface area (Å²) in [4.78, 5) is 0. The van der Waals surface area contributed by atoms with E-state index in [2.05, 4.69) is 19.2 Å². The summed E-state index contributed by atoms with van der Waals surface area (Å²) in [6.45, 7) is 5.61. The SMILES string of the molecule is CCCNC(CC1CCCC1)C(CCC)OC. The molecule has 0 spiro atoms. The Bertz CT molecular complexity index is 178. The quantitative estimate of drug-likeness (QED) is 0.664. The zero-order chi connectivity index (χ0) is 12.5. The van der Waals surface area contributed by atoms with E-state index in [-0.39, 0.29) is 0 Å². The van der Waals surface area contributed by atoms with Crippen LogP contribution in [0.3, 0.4) is 0 Å². The molecule has 1 aliphatic rings. The first kappa shape index (κ1) is 15.0. The topological polar surface area (TPSA) is 21.3 Å². The molecule has 2 heteroatoms. The molecule has 0 aromatic heterocycles. The molecule has 0 aliphatic heterocycles. The third kappa shape index (κ3) is 5.39. The van der Waals surface area contributed by atoms with Crippen molar-refractivity contribution in [1.82, 2.24) is 5.32 Å². The first-order valence-electron chi connectivity index (χ1n) is 7.57. The second-order valence-electron chi connectivity index (χ2n) is 5.51. The second-order valence-corrected chi connectivity index (χ2v) is 5.51. The van der Waals surface area contributed by atoms with E-state index in [1.165, 1.54) is 51.4 Å². The van der Waals surface area contributed by atoms with Gasteiger partial charge in [0.1, 0.15) is 0 Å². The van der Waals surface area contributed by atoms with Gasteiger partial charge in [-0.05, 0) is 31.7 Å². The highest BCUT2D eigenvalue weighted by molar-refractivity contribution is 4.81. The van der Waals surface area contributed by atoms with E-state index in [0.717, 1.165) is 12.5 Å². The van der Waals surface area contributed by atoms with Crippen LogP contribution in [0.1, 0.15) is 65.2 Å². The minimum atomic E-state index is 0.409. The Morgan fingerprint density at radius 2 is 1.88 bits per heavy atom. The third-order valence-electron chi connectivity index (χ3n) is 4.04. The Labute approximate surface area is 108 Å². The van der Waals surface area contributed by atoms with Crippen LogP contribution in [0, 0.1) is 5.92 Å². The summed E-state index contributed by atoms with van der Waals surface area (Å²) >= 11 is 0. The van der Waals surface area contributed by atoms with Crippen LogP contribution in [0.4, 0.5) is 0 Å². The maximum atomic E-state index is 5.70. The molecule has 102 valence electrons. The van der Waals surface area contributed by atoms with Crippen molar-refractivity contribution in [3.8, 4) is 0 Å². The van der Waals surface area contributed by atoms with Crippen LogP contribution in [0.5, 0.6) is 0 Å². The Balaban J connectivity index is 2.44. The highest BCUT2D eigenvalue weighted by Crippen LogP contribution is 2.30. The molecule has 2 unspecified atom stereocenters. The number of hydrogen-bond acceptors (Lipinski definition) is 2. The molecular formula is C15H31NO. The van der Waals surface area contributed by atoms with E-state index in [9.17, 15) is 0 Å². The van der Waals surface area contributed by atoms with Gasteiger partial charge in [0.2, 0.25) is 0 Å². The lowest BCUT2D eigenvalue weighted by Crippen LogP contribution is -2.42. The molecule has 2 atom stereocenters. The summed E-state index contributed by atoms with van der Waals surface area (Å²) < 4.78 is 5.70. The van der Waals surface area contributed by atoms with Crippen LogP contribution < -0.4 is 5.32 Å². The molecule has 1 rings (SSSR count). The van der Waals surface area contributed by atoms with Crippen molar-refractivity contribution in [2.45, 2.75) is 77.4 Å². The first-order valence-corrected chi connectivity index (χ1v) is 7.57. The molecule has 0 bridgehead atoms. The van der Waals surface area contributed by atoms with Gasteiger partial charge < -0.3 is 10.1 Å². The summed E-state index contributed by atoms with van der Waals surface area (Å²) in [6.07, 6.45) is 11.1. The Morgan fingerprint density at radius 3 is 2.41 bits per heavy atom. The van der Waals surface area contributed by atoms with E-state index in [4.69, 9.17) is 4.74 Å². The van der Waals surface area contributed by atoms with Gasteiger partial charge in [-0.25, -0.2) is 0 Å². The lowest BCUT2D eigenvalue weighted by atomic mass is 9.93. The number of methoxy groups -OCH3 is 1. The number of rotatable bonds is 9. The average Bonchev–Trinajstić information content (AvgIpc) is 2.84. The van der Waals surface area contributed by atoms with Crippen LogP contribution >= 0.6 is 0 Å². The molecule has 17 heavy (non-hydrogen) atoms. The predicted molar refractivity (Wildman–Crippen MR) is 74.4 cm³/mol. The maximum absolute atomic E-state index is 5.70. The maximum Gasteiger partial charge on any atom is 0.0724 e. The summed E-state index contributed by atoms with van der Waals surface area (Å²) in [5.41, 5.74) is 0. The van der Waals surface area contributed by atoms with Gasteiger partial charge in [-0.2, -0.15) is 0 Å². The lowest BCUT2D eigenvalue weighted by molar-refractivity contribution is 0.0528. The summed E-state index contributed by atoms with van der Waals surface area (Å²) in [5.74, 6) is 0.943. The molecule has 0 amide bonds. The Kier molecular flexibility index (Phi) is 7.87. The fraction of sp³-hybridized carbons (Fsp3) is 1.00. The van der Waals surface area contributed by atoms with Crippen LogP contribution in [-0.4, -0.2) is 25.8 Å². The monoisotopic (exact) mass is 241 g/mol. The van der Waals surface area contributed by atoms with Gasteiger partial charge in [0, 0.05) is 13.2 Å². The lowest BCUT2D eigenvalue weighted by Gasteiger charge is -2.29. The number of nitrogens with one attached hydrogen (secondary N) is 1. The van der Waals surface area contributed by atoms with Crippen molar-refractivity contribution in [2.24, 2.45) is 5.92 Å². The number of hydrogen-bond donors (Lipinski definition) is 1. The normalized spacial score (nSPS) is 20.6. The van der Waals surface area contributed by atoms with E-state index < -0.39 is 0 Å². The molecule has 1 saturated carbocycles. The van der Waals surface area contributed by atoms with E-state index in [1.54, 1.807) is 0 Å². The van der Waals surface area contributed by atoms with E-state index in [0.29, 0.717) is 12.1 Å². The summed E-state index contributed by atoms with van der Waals surface area (Å²) in [5, 5.41) is 3.71. The van der Waals surface area contributed by atoms with Crippen molar-refractivity contribution < 1.29 is 4.74 Å². The summed E-state index contributed by atoms with van der Waals surface area (Å²) in [7, 11) is 1.87. The van der Waals surface area contributed by atoms with Crippen molar-refractivity contribution in [2.75, 3.05) is 13.7 Å². The van der Waals surface area contributed by atoms with Crippen molar-refractivity contribution in [3.63, 3.8) is 0 Å². The van der Waals surface area contributed by atoms with E-state index >= 15 is 0 Å². The molecule has 0 aromatic carbocycles. The van der Waals surface area contributed by atoms with Crippen molar-refractivity contribution >= 4 is 0 Å². The second kappa shape index (κ2) is 8.93. The zero-order valence-electron chi connectivity index (χ0n) is 12.0. The van der Waals surface area contributed by atoms with Crippen LogP contribution in [0.2, 0.25) is 0 Å². The van der Waals surface area contributed by atoms with Crippen LogP contribution in [-0.2, 0) is 4.74 Å². The van der Waals surface area contributed by atoms with E-state index in [1.807, 2.05) is 7.11 Å². The first-order chi connectivity index (χ1) is 8.31. The van der Waals surface area contributed by atoms with Crippen LogP contribution in [0.25, 0.3) is 0 Å². The minimum absolute atomic E-state index is 0.409. The van der Waals surface area contributed by atoms with Gasteiger partial charge in [-0.3, -0.25) is 0 Å². The predicted octanol–water partition coefficient (Wildman–Crippen LogP) is 3.75. The largest absolute Gasteiger partial charge is 0.380 e. The van der Waals surface area contributed by atoms with Gasteiger partial charge in [0.05, 0.1) is 6.10 Å². The molecule has 0 heterocycles. The average molecular weight is 241 g/mol. The standard InChI is InChI=1S/C15H31NO/c1-4-8-15(17-3)14(16-11-5-2)12-13-9-6-7-10-13/h13-16H,4-12H2,1-3H3. The molecule has 0 radical (unpaired) electrons. The molecular weight excluding hydrogens is 210 g/mol. The molecule has 1 aliphatic carbocycles.